The fraction of sp³-hybridized carbons (Fsp3) is 0.562. The summed E-state index contributed by atoms with van der Waals surface area (Å²) in [5.41, 5.74) is 7.83. The first kappa shape index (κ1) is 12.7. The highest BCUT2D eigenvalue weighted by molar-refractivity contribution is 5.87. The van der Waals surface area contributed by atoms with Crippen LogP contribution in [0.2, 0.25) is 0 Å². The Kier molecular flexibility index (Phi) is 2.72. The van der Waals surface area contributed by atoms with Crippen molar-refractivity contribution in [1.82, 2.24) is 5.32 Å². The van der Waals surface area contributed by atoms with Gasteiger partial charge in [-0.3, -0.25) is 4.79 Å². The molecule has 0 spiro atoms. The third-order valence-electron chi connectivity index (χ3n) is 4.43. The van der Waals surface area contributed by atoms with Crippen molar-refractivity contribution in [3.05, 3.63) is 35.4 Å². The molecule has 0 radical (unpaired) electrons. The summed E-state index contributed by atoms with van der Waals surface area (Å²) in [6, 6.07) is 8.63. The minimum absolute atomic E-state index is 0.119. The van der Waals surface area contributed by atoms with E-state index in [0.717, 1.165) is 36.8 Å². The van der Waals surface area contributed by atoms with Gasteiger partial charge in [-0.2, -0.15) is 0 Å². The van der Waals surface area contributed by atoms with Crippen molar-refractivity contribution in [3.8, 4) is 0 Å². The third-order valence-corrected chi connectivity index (χ3v) is 4.43. The fourth-order valence-electron chi connectivity index (χ4n) is 2.37. The highest BCUT2D eigenvalue weighted by Crippen LogP contribution is 2.43. The van der Waals surface area contributed by atoms with Crippen molar-refractivity contribution in [2.45, 2.75) is 56.5 Å². The number of carbonyl (C=O) groups is 1. The maximum absolute atomic E-state index is 12.3. The van der Waals surface area contributed by atoms with E-state index in [0.29, 0.717) is 6.04 Å². The van der Waals surface area contributed by atoms with E-state index in [-0.39, 0.29) is 11.4 Å². The zero-order valence-corrected chi connectivity index (χ0v) is 11.7. The highest BCUT2D eigenvalue weighted by atomic mass is 16.2. The molecule has 3 nitrogen and oxygen atoms in total. The van der Waals surface area contributed by atoms with Crippen molar-refractivity contribution in [1.29, 1.82) is 0 Å². The van der Waals surface area contributed by atoms with Crippen molar-refractivity contribution in [2.24, 2.45) is 5.73 Å². The Labute approximate surface area is 114 Å². The monoisotopic (exact) mass is 258 g/mol. The second kappa shape index (κ2) is 4.07. The molecule has 1 amide bonds. The molecule has 0 bridgehead atoms. The lowest BCUT2D eigenvalue weighted by Gasteiger charge is -2.25. The Morgan fingerprint density at radius 1 is 1.37 bits per heavy atom. The smallest absolute Gasteiger partial charge is 0.230 e. The van der Waals surface area contributed by atoms with E-state index in [1.54, 1.807) is 0 Å². The Morgan fingerprint density at radius 2 is 2.05 bits per heavy atom. The molecule has 3 N–H and O–H groups in total. The van der Waals surface area contributed by atoms with Crippen molar-refractivity contribution in [2.75, 3.05) is 0 Å². The molecular weight excluding hydrogens is 236 g/mol. The molecule has 2 saturated carbocycles. The number of amides is 1. The van der Waals surface area contributed by atoms with Crippen LogP contribution in [-0.2, 0) is 15.7 Å². The second-order valence-corrected chi connectivity index (χ2v) is 6.61. The fourth-order valence-corrected chi connectivity index (χ4v) is 2.37. The van der Waals surface area contributed by atoms with E-state index in [4.69, 9.17) is 5.73 Å². The number of carbonyl (C=O) groups excluding carboxylic acids is 1. The molecule has 2 aliphatic carbocycles. The van der Waals surface area contributed by atoms with Gasteiger partial charge in [-0.1, -0.05) is 24.3 Å². The summed E-state index contributed by atoms with van der Waals surface area (Å²) in [7, 11) is 0. The Balaban J connectivity index is 1.85. The van der Waals surface area contributed by atoms with Crippen LogP contribution in [0.4, 0.5) is 0 Å². The first-order valence-corrected chi connectivity index (χ1v) is 7.13. The second-order valence-electron chi connectivity index (χ2n) is 6.61. The number of nitrogens with two attached hydrogens (primary N) is 1. The topological polar surface area (TPSA) is 55.1 Å². The van der Waals surface area contributed by atoms with Crippen molar-refractivity contribution < 1.29 is 4.79 Å². The molecule has 3 heteroatoms. The largest absolute Gasteiger partial charge is 0.353 e. The van der Waals surface area contributed by atoms with Crippen molar-refractivity contribution >= 4 is 5.91 Å². The van der Waals surface area contributed by atoms with Gasteiger partial charge in [-0.05, 0) is 50.7 Å². The molecule has 0 aromatic heterocycles. The van der Waals surface area contributed by atoms with Crippen LogP contribution in [0.15, 0.2) is 24.3 Å². The molecule has 0 saturated heterocycles. The number of nitrogens with one attached hydrogen (secondary N) is 1. The zero-order valence-electron chi connectivity index (χ0n) is 11.7. The molecule has 1 aromatic rings. The first-order valence-electron chi connectivity index (χ1n) is 7.13. The predicted octanol–water partition coefficient (Wildman–Crippen LogP) is 2.19. The Hall–Kier alpha value is -1.35. The van der Waals surface area contributed by atoms with Crippen LogP contribution >= 0.6 is 0 Å². The van der Waals surface area contributed by atoms with E-state index >= 15 is 0 Å². The van der Waals surface area contributed by atoms with Crippen LogP contribution in [-0.4, -0.2) is 11.9 Å². The lowest BCUT2D eigenvalue weighted by Crippen LogP contribution is -2.41. The van der Waals surface area contributed by atoms with Gasteiger partial charge in [0.25, 0.3) is 0 Å². The summed E-state index contributed by atoms with van der Waals surface area (Å²) in [6.45, 7) is 3.97. The van der Waals surface area contributed by atoms with E-state index in [1.165, 1.54) is 0 Å². The van der Waals surface area contributed by atoms with Crippen LogP contribution in [0, 0.1) is 0 Å². The Bertz CT molecular complexity index is 513. The summed E-state index contributed by atoms with van der Waals surface area (Å²) in [4.78, 5) is 12.3. The van der Waals surface area contributed by atoms with Gasteiger partial charge < -0.3 is 11.1 Å². The maximum atomic E-state index is 12.3. The first-order chi connectivity index (χ1) is 8.92. The maximum Gasteiger partial charge on any atom is 0.230 e. The SMILES string of the molecule is CC(C)(C(=O)NC1CC1)c1cccc(C2(N)CC2)c1. The molecule has 0 atom stereocenters. The van der Waals surface area contributed by atoms with Gasteiger partial charge in [0.05, 0.1) is 5.41 Å². The molecule has 102 valence electrons. The van der Waals surface area contributed by atoms with E-state index in [9.17, 15) is 4.79 Å². The van der Waals surface area contributed by atoms with Gasteiger partial charge in [-0.15, -0.1) is 0 Å². The van der Waals surface area contributed by atoms with Gasteiger partial charge in [0, 0.05) is 11.6 Å². The van der Waals surface area contributed by atoms with Crippen LogP contribution in [0.1, 0.15) is 50.7 Å². The molecule has 3 rings (SSSR count). The van der Waals surface area contributed by atoms with E-state index in [2.05, 4.69) is 17.4 Å². The van der Waals surface area contributed by atoms with Crippen LogP contribution in [0.3, 0.4) is 0 Å². The number of hydrogen-bond acceptors (Lipinski definition) is 2. The molecule has 2 fully saturated rings. The third kappa shape index (κ3) is 2.39. The Morgan fingerprint density at radius 3 is 2.63 bits per heavy atom. The van der Waals surface area contributed by atoms with Crippen LogP contribution < -0.4 is 11.1 Å². The molecule has 0 aliphatic heterocycles. The number of rotatable bonds is 4. The normalized spacial score (nSPS) is 21.0. The quantitative estimate of drug-likeness (QED) is 0.870. The molecule has 1 aromatic carbocycles. The molecule has 2 aliphatic rings. The lowest BCUT2D eigenvalue weighted by atomic mass is 9.82. The van der Waals surface area contributed by atoms with Gasteiger partial charge in [0.2, 0.25) is 5.91 Å². The number of benzene rings is 1. The highest BCUT2D eigenvalue weighted by Gasteiger charge is 2.41. The van der Waals surface area contributed by atoms with Gasteiger partial charge >= 0.3 is 0 Å². The molecule has 0 unspecified atom stereocenters. The van der Waals surface area contributed by atoms with Gasteiger partial charge in [-0.25, -0.2) is 0 Å². The van der Waals surface area contributed by atoms with E-state index < -0.39 is 5.41 Å². The van der Waals surface area contributed by atoms with E-state index in [1.807, 2.05) is 26.0 Å². The molecular formula is C16H22N2O. The molecule has 0 heterocycles. The van der Waals surface area contributed by atoms with Crippen LogP contribution in [0.25, 0.3) is 0 Å². The standard InChI is InChI=1S/C16H22N2O/c1-15(2,14(19)18-13-6-7-13)11-4-3-5-12(10-11)16(17)8-9-16/h3-5,10,13H,6-9,17H2,1-2H3,(H,18,19). The minimum Gasteiger partial charge on any atom is -0.353 e. The summed E-state index contributed by atoms with van der Waals surface area (Å²) in [5, 5.41) is 3.10. The van der Waals surface area contributed by atoms with Crippen molar-refractivity contribution in [3.63, 3.8) is 0 Å². The van der Waals surface area contributed by atoms with Crippen LogP contribution in [0.5, 0.6) is 0 Å². The van der Waals surface area contributed by atoms with Gasteiger partial charge in [0.15, 0.2) is 0 Å². The molecule has 19 heavy (non-hydrogen) atoms. The summed E-state index contributed by atoms with van der Waals surface area (Å²) < 4.78 is 0. The summed E-state index contributed by atoms with van der Waals surface area (Å²) >= 11 is 0. The lowest BCUT2D eigenvalue weighted by molar-refractivity contribution is -0.125. The summed E-state index contributed by atoms with van der Waals surface area (Å²) in [5.74, 6) is 0.119. The summed E-state index contributed by atoms with van der Waals surface area (Å²) in [6.07, 6.45) is 4.33. The average molecular weight is 258 g/mol. The average Bonchev–Trinajstić information content (AvgIpc) is 3.28. The zero-order chi connectivity index (χ0) is 13.7. The van der Waals surface area contributed by atoms with Gasteiger partial charge in [0.1, 0.15) is 0 Å². The number of hydrogen-bond donors (Lipinski definition) is 2. The predicted molar refractivity (Wildman–Crippen MR) is 75.7 cm³/mol. The minimum atomic E-state index is -0.496.